The first-order valence-electron chi connectivity index (χ1n) is 2.35. The lowest BCUT2D eigenvalue weighted by molar-refractivity contribution is 0.420. The van der Waals surface area contributed by atoms with Crippen molar-refractivity contribution in [1.29, 1.82) is 0 Å². The molecule has 8 heavy (non-hydrogen) atoms. The third-order valence-electron chi connectivity index (χ3n) is 0.703. The molecule has 0 unspecified atom stereocenters. The van der Waals surface area contributed by atoms with Gasteiger partial charge in [-0.15, -0.1) is 24.8 Å². The lowest BCUT2D eigenvalue weighted by Crippen LogP contribution is -2.11. The van der Waals surface area contributed by atoms with Crippen molar-refractivity contribution in [3.05, 3.63) is 0 Å². The summed E-state index contributed by atoms with van der Waals surface area (Å²) in [5, 5.41) is 0. The van der Waals surface area contributed by atoms with Crippen molar-refractivity contribution in [2.45, 2.75) is 6.42 Å². The minimum Gasteiger partial charge on any atom is -0.308 e. The van der Waals surface area contributed by atoms with E-state index in [0.717, 1.165) is 13.0 Å². The van der Waals surface area contributed by atoms with Gasteiger partial charge in [-0.25, -0.2) is 0 Å². The second-order valence-electron chi connectivity index (χ2n) is 1.76. The van der Waals surface area contributed by atoms with E-state index >= 15 is 0 Å². The summed E-state index contributed by atoms with van der Waals surface area (Å²) < 4.78 is 0. The topological polar surface area (TPSA) is 3.24 Å². The summed E-state index contributed by atoms with van der Waals surface area (Å²) in [6.45, 7) is 0.997. The number of hydrogen-bond donors (Lipinski definition) is 0. The fourth-order valence-corrected chi connectivity index (χ4v) is 0.288. The van der Waals surface area contributed by atoms with Gasteiger partial charge in [0.2, 0.25) is 0 Å². The van der Waals surface area contributed by atoms with Crippen LogP contribution < -0.4 is 0 Å². The summed E-state index contributed by atoms with van der Waals surface area (Å²) in [5.41, 5.74) is 0. The fraction of sp³-hybridized carbons (Fsp3) is 0.667. The Bertz CT molecular complexity index is 73.1. The molecule has 0 fully saturated rings. The number of rotatable bonds is 2. The fourth-order valence-electron chi connectivity index (χ4n) is 0.288. The van der Waals surface area contributed by atoms with Crippen LogP contribution in [0.5, 0.6) is 0 Å². The van der Waals surface area contributed by atoms with Crippen LogP contribution in [-0.2, 0) is 0 Å². The molecule has 0 N–H and O–H groups in total. The van der Waals surface area contributed by atoms with Crippen molar-refractivity contribution in [2.24, 2.45) is 0 Å². The van der Waals surface area contributed by atoms with E-state index in [9.17, 15) is 0 Å². The van der Waals surface area contributed by atoms with E-state index in [1.807, 2.05) is 14.1 Å². The van der Waals surface area contributed by atoms with Crippen LogP contribution in [0.3, 0.4) is 0 Å². The summed E-state index contributed by atoms with van der Waals surface area (Å²) in [4.78, 5) is 2.07. The second-order valence-corrected chi connectivity index (χ2v) is 1.76. The van der Waals surface area contributed by atoms with E-state index in [1.54, 1.807) is 0 Å². The molecule has 1 nitrogen and oxygen atoms in total. The van der Waals surface area contributed by atoms with Crippen LogP contribution >= 0.6 is 12.4 Å². The van der Waals surface area contributed by atoms with Gasteiger partial charge in [0.25, 0.3) is 0 Å². The smallest absolute Gasteiger partial charge is 0.0214 e. The predicted molar refractivity (Wildman–Crippen MR) is 39.3 cm³/mol. The van der Waals surface area contributed by atoms with Crippen LogP contribution in [0.25, 0.3) is 0 Å². The first-order chi connectivity index (χ1) is 3.27. The molecule has 48 valence electrons. The molecule has 0 rings (SSSR count). The van der Waals surface area contributed by atoms with Gasteiger partial charge < -0.3 is 4.90 Å². The maximum atomic E-state index is 5.00. The van der Waals surface area contributed by atoms with Gasteiger partial charge in [0, 0.05) is 13.0 Å². The first-order valence-corrected chi connectivity index (χ1v) is 2.35. The van der Waals surface area contributed by atoms with Gasteiger partial charge in [-0.1, -0.05) is 0 Å². The van der Waals surface area contributed by atoms with Crippen LogP contribution in [0.4, 0.5) is 0 Å². The van der Waals surface area contributed by atoms with Gasteiger partial charge in [0.1, 0.15) is 0 Å². The molecule has 0 aromatic heterocycles. The van der Waals surface area contributed by atoms with E-state index in [2.05, 4.69) is 10.8 Å². The Hall–Kier alpha value is -0.190. The van der Waals surface area contributed by atoms with Gasteiger partial charge in [-0.3, -0.25) is 0 Å². The zero-order valence-electron chi connectivity index (χ0n) is 5.35. The number of hydrogen-bond acceptors (Lipinski definition) is 1. The standard InChI is InChI=1S/C6H11N.ClH/c1-4-5-6-7(2)3;/h1H,5-6H2,2-3H3;1H. The molecule has 0 radical (unpaired) electrons. The number of terminal acetylenes is 1. The van der Waals surface area contributed by atoms with E-state index in [1.165, 1.54) is 0 Å². The van der Waals surface area contributed by atoms with Crippen LogP contribution in [0, 0.1) is 12.3 Å². The average Bonchev–Trinajstić information content (AvgIpc) is 1.61. The molecule has 0 heterocycles. The second kappa shape index (κ2) is 6.81. The molecular formula is C6H12ClN. The highest BCUT2D eigenvalue weighted by Gasteiger charge is 1.81. The van der Waals surface area contributed by atoms with Crippen molar-refractivity contribution >= 4 is 12.4 Å². The Labute approximate surface area is 57.5 Å². The molecular weight excluding hydrogens is 122 g/mol. The van der Waals surface area contributed by atoms with Crippen molar-refractivity contribution in [1.82, 2.24) is 4.90 Å². The maximum Gasteiger partial charge on any atom is 0.0214 e. The van der Waals surface area contributed by atoms with Crippen molar-refractivity contribution < 1.29 is 0 Å². The Balaban J connectivity index is 0. The summed E-state index contributed by atoms with van der Waals surface area (Å²) in [6.07, 6.45) is 5.85. The van der Waals surface area contributed by atoms with Gasteiger partial charge in [-0.2, -0.15) is 0 Å². The molecule has 0 amide bonds. The normalized spacial score (nSPS) is 7.75. The Morgan fingerprint density at radius 1 is 1.50 bits per heavy atom. The van der Waals surface area contributed by atoms with Crippen LogP contribution in [0.2, 0.25) is 0 Å². The van der Waals surface area contributed by atoms with E-state index < -0.39 is 0 Å². The molecule has 0 aromatic carbocycles. The molecule has 0 aliphatic carbocycles. The molecule has 0 spiro atoms. The molecule has 2 heteroatoms. The monoisotopic (exact) mass is 133 g/mol. The van der Waals surface area contributed by atoms with Gasteiger partial charge in [-0.05, 0) is 14.1 Å². The highest BCUT2D eigenvalue weighted by Crippen LogP contribution is 1.76. The van der Waals surface area contributed by atoms with Gasteiger partial charge >= 0.3 is 0 Å². The van der Waals surface area contributed by atoms with Crippen LogP contribution in [0.15, 0.2) is 0 Å². The third-order valence-corrected chi connectivity index (χ3v) is 0.703. The zero-order chi connectivity index (χ0) is 5.70. The molecule has 0 saturated heterocycles. The van der Waals surface area contributed by atoms with Gasteiger partial charge in [0.15, 0.2) is 0 Å². The Morgan fingerprint density at radius 2 is 2.00 bits per heavy atom. The largest absolute Gasteiger partial charge is 0.308 e. The maximum absolute atomic E-state index is 5.00. The molecule has 0 aliphatic heterocycles. The Kier molecular flexibility index (Phi) is 9.13. The van der Waals surface area contributed by atoms with Crippen LogP contribution in [-0.4, -0.2) is 25.5 Å². The van der Waals surface area contributed by atoms with Crippen molar-refractivity contribution in [3.63, 3.8) is 0 Å². The van der Waals surface area contributed by atoms with Gasteiger partial charge in [0.05, 0.1) is 0 Å². The number of nitrogens with zero attached hydrogens (tertiary/aromatic N) is 1. The third kappa shape index (κ3) is 9.26. The number of halogens is 1. The molecule has 0 bridgehead atoms. The molecule has 0 atom stereocenters. The minimum atomic E-state index is 0. The van der Waals surface area contributed by atoms with Crippen molar-refractivity contribution in [2.75, 3.05) is 20.6 Å². The predicted octanol–water partition coefficient (Wildman–Crippen LogP) is 0.993. The summed E-state index contributed by atoms with van der Waals surface area (Å²) >= 11 is 0. The highest BCUT2D eigenvalue weighted by molar-refractivity contribution is 5.85. The molecule has 0 aromatic rings. The highest BCUT2D eigenvalue weighted by atomic mass is 35.5. The summed E-state index contributed by atoms with van der Waals surface area (Å²) in [5.74, 6) is 2.56. The summed E-state index contributed by atoms with van der Waals surface area (Å²) in [6, 6.07) is 0. The Morgan fingerprint density at radius 3 is 2.12 bits per heavy atom. The van der Waals surface area contributed by atoms with E-state index in [-0.39, 0.29) is 12.4 Å². The SMILES string of the molecule is C#CCCN(C)C.Cl. The van der Waals surface area contributed by atoms with Crippen molar-refractivity contribution in [3.8, 4) is 12.3 Å². The average molecular weight is 134 g/mol. The quantitative estimate of drug-likeness (QED) is 0.508. The van der Waals surface area contributed by atoms with Crippen LogP contribution in [0.1, 0.15) is 6.42 Å². The lowest BCUT2D eigenvalue weighted by Gasteiger charge is -2.03. The summed E-state index contributed by atoms with van der Waals surface area (Å²) in [7, 11) is 4.02. The first kappa shape index (κ1) is 10.7. The zero-order valence-corrected chi connectivity index (χ0v) is 6.16. The molecule has 0 aliphatic rings. The molecule has 0 saturated carbocycles. The minimum absolute atomic E-state index is 0. The van der Waals surface area contributed by atoms with E-state index in [0.29, 0.717) is 0 Å². The lowest BCUT2D eigenvalue weighted by atomic mass is 10.4. The van der Waals surface area contributed by atoms with E-state index in [4.69, 9.17) is 6.42 Å².